The molecule has 2 aromatic heterocycles. The summed E-state index contributed by atoms with van der Waals surface area (Å²) in [5.74, 6) is 0.644. The Morgan fingerprint density at radius 1 is 0.914 bits per heavy atom. The van der Waals surface area contributed by atoms with Gasteiger partial charge in [-0.3, -0.25) is 19.2 Å². The van der Waals surface area contributed by atoms with E-state index in [-0.39, 0.29) is 12.1 Å². The number of piperazine rings is 1. The van der Waals surface area contributed by atoms with Crippen molar-refractivity contribution in [1.29, 1.82) is 10.5 Å². The zero-order valence-electron chi connectivity index (χ0n) is 19.2. The van der Waals surface area contributed by atoms with Gasteiger partial charge in [-0.2, -0.15) is 10.5 Å². The highest BCUT2D eigenvalue weighted by atomic mass is 32.1. The number of rotatable bonds is 6. The smallest absolute Gasteiger partial charge is 0.263 e. The lowest BCUT2D eigenvalue weighted by Crippen LogP contribution is -2.46. The molecule has 4 aromatic rings. The Kier molecular flexibility index (Phi) is 6.69. The minimum Gasteiger partial charge on any atom is -0.297 e. The molecule has 1 fully saturated rings. The van der Waals surface area contributed by atoms with E-state index in [2.05, 4.69) is 21.9 Å². The van der Waals surface area contributed by atoms with E-state index in [1.807, 2.05) is 60.0 Å². The van der Waals surface area contributed by atoms with Crippen LogP contribution in [0.15, 0.2) is 64.8 Å². The fraction of sp³-hybridized carbons (Fsp3) is 0.259. The summed E-state index contributed by atoms with van der Waals surface area (Å²) in [6.07, 6.45) is 0. The van der Waals surface area contributed by atoms with Crippen LogP contribution in [0.25, 0.3) is 21.3 Å². The van der Waals surface area contributed by atoms with Gasteiger partial charge in [0.25, 0.3) is 5.56 Å². The van der Waals surface area contributed by atoms with E-state index in [0.29, 0.717) is 23.3 Å². The van der Waals surface area contributed by atoms with Gasteiger partial charge in [0.2, 0.25) is 0 Å². The number of nitriles is 2. The third kappa shape index (κ3) is 4.87. The molecule has 0 N–H and O–H groups in total. The largest absolute Gasteiger partial charge is 0.297 e. The van der Waals surface area contributed by atoms with Crippen LogP contribution in [0.3, 0.4) is 0 Å². The van der Waals surface area contributed by atoms with E-state index in [0.717, 1.165) is 48.7 Å². The number of benzene rings is 2. The van der Waals surface area contributed by atoms with Crippen molar-refractivity contribution in [2.75, 3.05) is 26.2 Å². The molecule has 5 rings (SSSR count). The van der Waals surface area contributed by atoms with E-state index >= 15 is 0 Å². The van der Waals surface area contributed by atoms with Crippen LogP contribution in [-0.4, -0.2) is 45.5 Å². The van der Waals surface area contributed by atoms with Crippen molar-refractivity contribution in [2.45, 2.75) is 19.6 Å². The van der Waals surface area contributed by atoms with Crippen LogP contribution in [0.2, 0.25) is 0 Å². The molecule has 0 atom stereocenters. The van der Waals surface area contributed by atoms with Crippen molar-refractivity contribution in [1.82, 2.24) is 19.4 Å². The van der Waals surface area contributed by atoms with Crippen LogP contribution in [0.5, 0.6) is 0 Å². The summed E-state index contributed by atoms with van der Waals surface area (Å²) in [6, 6.07) is 21.9. The van der Waals surface area contributed by atoms with Crippen LogP contribution in [0.1, 0.15) is 17.0 Å². The average Bonchev–Trinajstić information content (AvgIpc) is 3.33. The highest BCUT2D eigenvalue weighted by molar-refractivity contribution is 7.17. The lowest BCUT2D eigenvalue weighted by Gasteiger charge is -2.34. The predicted molar refractivity (Wildman–Crippen MR) is 137 cm³/mol. The molecule has 1 saturated heterocycles. The Hall–Kier alpha value is -3.82. The molecule has 35 heavy (non-hydrogen) atoms. The van der Waals surface area contributed by atoms with Crippen LogP contribution in [-0.2, 0) is 19.6 Å². The normalized spacial score (nSPS) is 14.6. The van der Waals surface area contributed by atoms with Gasteiger partial charge in [-0.1, -0.05) is 42.5 Å². The van der Waals surface area contributed by atoms with E-state index in [9.17, 15) is 10.1 Å². The maximum absolute atomic E-state index is 13.5. The van der Waals surface area contributed by atoms with Gasteiger partial charge in [0.1, 0.15) is 17.2 Å². The second-order valence-electron chi connectivity index (χ2n) is 8.63. The summed E-state index contributed by atoms with van der Waals surface area (Å²) < 4.78 is 1.53. The summed E-state index contributed by atoms with van der Waals surface area (Å²) in [5.41, 5.74) is 3.57. The van der Waals surface area contributed by atoms with Gasteiger partial charge < -0.3 is 0 Å². The number of hydrogen-bond acceptors (Lipinski definition) is 7. The molecule has 1 aliphatic heterocycles. The minimum atomic E-state index is -0.147. The Bertz CT molecular complexity index is 1470. The summed E-state index contributed by atoms with van der Waals surface area (Å²) >= 11 is 1.48. The highest BCUT2D eigenvalue weighted by Crippen LogP contribution is 2.31. The molecule has 0 saturated carbocycles. The van der Waals surface area contributed by atoms with Gasteiger partial charge in [0, 0.05) is 43.7 Å². The van der Waals surface area contributed by atoms with Crippen molar-refractivity contribution < 1.29 is 0 Å². The summed E-state index contributed by atoms with van der Waals surface area (Å²) in [7, 11) is 0. The molecule has 174 valence electrons. The first-order valence-corrected chi connectivity index (χ1v) is 12.4. The summed E-state index contributed by atoms with van der Waals surface area (Å²) in [4.78, 5) is 23.7. The predicted octanol–water partition coefficient (Wildman–Crippen LogP) is 3.84. The fourth-order valence-electron chi connectivity index (χ4n) is 4.50. The van der Waals surface area contributed by atoms with Crippen molar-refractivity contribution in [3.8, 4) is 23.3 Å². The molecule has 1 aliphatic rings. The van der Waals surface area contributed by atoms with Crippen LogP contribution in [0.4, 0.5) is 0 Å². The average molecular weight is 481 g/mol. The monoisotopic (exact) mass is 480 g/mol. The first-order chi connectivity index (χ1) is 17.2. The van der Waals surface area contributed by atoms with Gasteiger partial charge in [-0.25, -0.2) is 4.98 Å². The standard InChI is InChI=1S/C27H24N6OS/c28-10-11-33-24(30-26-25(27(33)34)23(19-35-26)22-4-2-1-3-5-22)18-32-14-12-31(13-15-32)17-21-8-6-20(16-29)7-9-21/h1-9,19H,11-15,17-18H2. The third-order valence-corrected chi connectivity index (χ3v) is 7.28. The molecule has 3 heterocycles. The number of thiophene rings is 1. The summed E-state index contributed by atoms with van der Waals surface area (Å²) in [5, 5.41) is 21.0. The Labute approximate surface area is 207 Å². The van der Waals surface area contributed by atoms with Gasteiger partial charge in [-0.15, -0.1) is 11.3 Å². The molecule has 0 amide bonds. The molecule has 0 spiro atoms. The van der Waals surface area contributed by atoms with Gasteiger partial charge in [0.05, 0.1) is 29.6 Å². The van der Waals surface area contributed by atoms with Crippen molar-refractivity contribution in [3.05, 3.63) is 87.3 Å². The van der Waals surface area contributed by atoms with Crippen LogP contribution in [0, 0.1) is 22.7 Å². The van der Waals surface area contributed by atoms with Crippen molar-refractivity contribution in [3.63, 3.8) is 0 Å². The molecular formula is C27H24N6OS. The SMILES string of the molecule is N#CCn1c(CN2CCN(Cc3ccc(C#N)cc3)CC2)nc2scc(-c3ccccc3)c2c1=O. The Morgan fingerprint density at radius 2 is 1.60 bits per heavy atom. The number of hydrogen-bond donors (Lipinski definition) is 0. The molecule has 7 nitrogen and oxygen atoms in total. The van der Waals surface area contributed by atoms with E-state index in [1.165, 1.54) is 21.5 Å². The number of fused-ring (bicyclic) bond motifs is 1. The van der Waals surface area contributed by atoms with Crippen molar-refractivity contribution in [2.24, 2.45) is 0 Å². The fourth-order valence-corrected chi connectivity index (χ4v) is 5.46. The lowest BCUT2D eigenvalue weighted by atomic mass is 10.1. The van der Waals surface area contributed by atoms with Crippen LogP contribution < -0.4 is 5.56 Å². The van der Waals surface area contributed by atoms with Crippen molar-refractivity contribution >= 4 is 21.6 Å². The number of aromatic nitrogens is 2. The first-order valence-electron chi connectivity index (χ1n) is 11.5. The Morgan fingerprint density at radius 3 is 2.26 bits per heavy atom. The van der Waals surface area contributed by atoms with E-state index < -0.39 is 0 Å². The second kappa shape index (κ2) is 10.2. The molecular weight excluding hydrogens is 456 g/mol. The molecule has 0 bridgehead atoms. The van der Waals surface area contributed by atoms with E-state index in [4.69, 9.17) is 10.2 Å². The maximum atomic E-state index is 13.5. The molecule has 0 unspecified atom stereocenters. The Balaban J connectivity index is 1.33. The van der Waals surface area contributed by atoms with Gasteiger partial charge in [0.15, 0.2) is 0 Å². The van der Waals surface area contributed by atoms with Gasteiger partial charge in [-0.05, 0) is 23.3 Å². The second-order valence-corrected chi connectivity index (χ2v) is 9.49. The summed E-state index contributed by atoms with van der Waals surface area (Å²) in [6.45, 7) is 4.90. The van der Waals surface area contributed by atoms with Gasteiger partial charge >= 0.3 is 0 Å². The quantitative estimate of drug-likeness (QED) is 0.417. The molecule has 0 aliphatic carbocycles. The van der Waals surface area contributed by atoms with E-state index in [1.54, 1.807) is 0 Å². The molecule has 0 radical (unpaired) electrons. The first kappa shape index (κ1) is 22.9. The minimum absolute atomic E-state index is 0.0140. The topological polar surface area (TPSA) is 88.9 Å². The third-order valence-electron chi connectivity index (χ3n) is 6.41. The lowest BCUT2D eigenvalue weighted by molar-refractivity contribution is 0.118. The zero-order valence-corrected chi connectivity index (χ0v) is 20.0. The molecule has 8 heteroatoms. The molecule has 2 aromatic carbocycles. The zero-order chi connectivity index (χ0) is 24.2. The highest BCUT2D eigenvalue weighted by Gasteiger charge is 2.21. The maximum Gasteiger partial charge on any atom is 0.263 e. The van der Waals surface area contributed by atoms with Crippen LogP contribution >= 0.6 is 11.3 Å². The number of nitrogens with zero attached hydrogens (tertiary/aromatic N) is 6.